The van der Waals surface area contributed by atoms with Gasteiger partial charge in [-0.05, 0) is 42.0 Å². The minimum atomic E-state index is -1.39. The van der Waals surface area contributed by atoms with Crippen molar-refractivity contribution in [3.63, 3.8) is 0 Å². The second-order valence-corrected chi connectivity index (χ2v) is 8.97. The van der Waals surface area contributed by atoms with Crippen LogP contribution in [0.15, 0.2) is 53.6 Å². The number of ether oxygens (including phenoxy) is 6. The maximum Gasteiger partial charge on any atom is 0.303 e. The van der Waals surface area contributed by atoms with Gasteiger partial charge >= 0.3 is 23.9 Å². The molecule has 0 bridgehead atoms. The van der Waals surface area contributed by atoms with E-state index in [4.69, 9.17) is 28.4 Å². The molecule has 1 amide bonds. The number of hydrogen-bond acceptors (Lipinski definition) is 13. The molecule has 3 rings (SSSR count). The monoisotopic (exact) mass is 586 g/mol. The maximum atomic E-state index is 12.2. The van der Waals surface area contributed by atoms with Gasteiger partial charge in [0, 0.05) is 27.7 Å². The van der Waals surface area contributed by atoms with Crippen LogP contribution < -0.4 is 10.2 Å². The van der Waals surface area contributed by atoms with Crippen LogP contribution in [-0.2, 0) is 42.9 Å². The highest BCUT2D eigenvalue weighted by atomic mass is 16.7. The average Bonchev–Trinajstić information content (AvgIpc) is 2.91. The second kappa shape index (κ2) is 14.6. The summed E-state index contributed by atoms with van der Waals surface area (Å²) < 4.78 is 33.0. The molecule has 5 atom stereocenters. The molecule has 14 heteroatoms. The zero-order valence-electron chi connectivity index (χ0n) is 23.2. The molecule has 0 saturated carbocycles. The predicted molar refractivity (Wildman–Crippen MR) is 142 cm³/mol. The lowest BCUT2D eigenvalue weighted by atomic mass is 9.98. The first-order valence-electron chi connectivity index (χ1n) is 12.6. The smallest absolute Gasteiger partial charge is 0.303 e. The van der Waals surface area contributed by atoms with E-state index < -0.39 is 60.5 Å². The molecule has 0 aromatic heterocycles. The van der Waals surface area contributed by atoms with Gasteiger partial charge in [-0.1, -0.05) is 12.1 Å². The summed E-state index contributed by atoms with van der Waals surface area (Å²) in [6, 6.07) is 12.2. The molecule has 1 saturated heterocycles. The van der Waals surface area contributed by atoms with Crippen molar-refractivity contribution >= 4 is 36.0 Å². The highest BCUT2D eigenvalue weighted by Gasteiger charge is 2.53. The number of amides is 1. The third kappa shape index (κ3) is 9.02. The number of hydrazone groups is 1. The summed E-state index contributed by atoms with van der Waals surface area (Å²) in [7, 11) is 0. The molecule has 2 aromatic carbocycles. The molecule has 0 aliphatic carbocycles. The van der Waals surface area contributed by atoms with Crippen molar-refractivity contribution in [3.05, 3.63) is 59.7 Å². The molecule has 2 N–H and O–H groups in total. The summed E-state index contributed by atoms with van der Waals surface area (Å²) in [5.74, 6) is -3.47. The van der Waals surface area contributed by atoms with Gasteiger partial charge in [-0.25, -0.2) is 5.43 Å². The van der Waals surface area contributed by atoms with Gasteiger partial charge in [0.15, 0.2) is 12.2 Å². The highest BCUT2D eigenvalue weighted by molar-refractivity contribution is 5.97. The first-order chi connectivity index (χ1) is 19.9. The average molecular weight is 587 g/mol. The van der Waals surface area contributed by atoms with Crippen molar-refractivity contribution in [3.8, 4) is 11.5 Å². The fourth-order valence-corrected chi connectivity index (χ4v) is 3.94. The summed E-state index contributed by atoms with van der Waals surface area (Å²) in [6.45, 7) is 4.15. The number of carbonyl (C=O) groups excluding carboxylic acids is 5. The Bertz CT molecular complexity index is 1330. The molecule has 1 heterocycles. The van der Waals surface area contributed by atoms with Crippen LogP contribution in [0.5, 0.6) is 11.5 Å². The lowest BCUT2D eigenvalue weighted by molar-refractivity contribution is -0.288. The van der Waals surface area contributed by atoms with E-state index in [0.717, 1.165) is 20.8 Å². The number of benzene rings is 2. The van der Waals surface area contributed by atoms with Gasteiger partial charge in [0.2, 0.25) is 12.4 Å². The summed E-state index contributed by atoms with van der Waals surface area (Å²) in [5.41, 5.74) is 2.93. The van der Waals surface area contributed by atoms with Crippen molar-refractivity contribution in [2.24, 2.45) is 5.10 Å². The van der Waals surface area contributed by atoms with Crippen LogP contribution in [-0.4, -0.2) is 78.4 Å². The van der Waals surface area contributed by atoms with Gasteiger partial charge in [0.1, 0.15) is 24.2 Å². The molecular formula is C28H30N2O12. The summed E-state index contributed by atoms with van der Waals surface area (Å²) in [5, 5.41) is 13.7. The number of phenols is 1. The molecule has 2 aromatic rings. The quantitative estimate of drug-likeness (QED) is 0.178. The lowest BCUT2D eigenvalue weighted by Crippen LogP contribution is -2.63. The van der Waals surface area contributed by atoms with Crippen molar-refractivity contribution in [1.29, 1.82) is 0 Å². The van der Waals surface area contributed by atoms with Gasteiger partial charge in [0.05, 0.1) is 11.8 Å². The number of nitrogens with zero attached hydrogens (tertiary/aromatic N) is 1. The van der Waals surface area contributed by atoms with Crippen LogP contribution >= 0.6 is 0 Å². The molecule has 1 aliphatic heterocycles. The zero-order chi connectivity index (χ0) is 30.8. The second-order valence-electron chi connectivity index (χ2n) is 8.97. The van der Waals surface area contributed by atoms with E-state index in [0.29, 0.717) is 5.56 Å². The Morgan fingerprint density at radius 3 is 2.02 bits per heavy atom. The van der Waals surface area contributed by atoms with Gasteiger partial charge in [-0.2, -0.15) is 5.10 Å². The Kier molecular flexibility index (Phi) is 11.0. The third-order valence-corrected chi connectivity index (χ3v) is 5.61. The number of carbonyl (C=O) groups is 5. The first kappa shape index (κ1) is 31.5. The van der Waals surface area contributed by atoms with Crippen LogP contribution in [0.4, 0.5) is 0 Å². The van der Waals surface area contributed by atoms with Gasteiger partial charge < -0.3 is 33.5 Å². The number of phenolic OH excluding ortho intramolecular Hbond substituents is 1. The van der Waals surface area contributed by atoms with Crippen molar-refractivity contribution in [2.75, 3.05) is 6.61 Å². The third-order valence-electron chi connectivity index (χ3n) is 5.61. The predicted octanol–water partition coefficient (Wildman–Crippen LogP) is 1.62. The van der Waals surface area contributed by atoms with Crippen molar-refractivity contribution < 1.29 is 57.5 Å². The van der Waals surface area contributed by atoms with Crippen LogP contribution in [0.1, 0.15) is 43.6 Å². The minimum absolute atomic E-state index is 0.0585. The fourth-order valence-electron chi connectivity index (χ4n) is 3.94. The summed E-state index contributed by atoms with van der Waals surface area (Å²) in [6.07, 6.45) is -5.23. The minimum Gasteiger partial charge on any atom is -0.507 e. The molecular weight excluding hydrogens is 556 g/mol. The Morgan fingerprint density at radius 1 is 0.833 bits per heavy atom. The molecule has 224 valence electrons. The van der Waals surface area contributed by atoms with E-state index in [2.05, 4.69) is 10.5 Å². The summed E-state index contributed by atoms with van der Waals surface area (Å²) >= 11 is 0. The maximum absolute atomic E-state index is 12.2. The molecule has 0 spiro atoms. The van der Waals surface area contributed by atoms with Crippen LogP contribution in [0.25, 0.3) is 0 Å². The molecule has 1 fully saturated rings. The Balaban J connectivity index is 1.80. The normalized spacial score (nSPS) is 21.6. The lowest BCUT2D eigenvalue weighted by Gasteiger charge is -2.43. The van der Waals surface area contributed by atoms with E-state index in [1.807, 2.05) is 0 Å². The van der Waals surface area contributed by atoms with Crippen LogP contribution in [0, 0.1) is 0 Å². The number of esters is 4. The fraction of sp³-hybridized carbons (Fsp3) is 0.357. The number of para-hydroxylation sites is 1. The first-order valence-corrected chi connectivity index (χ1v) is 12.6. The topological polar surface area (TPSA) is 185 Å². The largest absolute Gasteiger partial charge is 0.507 e. The van der Waals surface area contributed by atoms with Gasteiger partial charge in [0.25, 0.3) is 5.91 Å². The zero-order valence-corrected chi connectivity index (χ0v) is 23.2. The van der Waals surface area contributed by atoms with E-state index in [1.165, 1.54) is 37.4 Å². The van der Waals surface area contributed by atoms with Gasteiger partial charge in [-0.3, -0.25) is 24.0 Å². The molecule has 5 unspecified atom stereocenters. The van der Waals surface area contributed by atoms with E-state index in [1.54, 1.807) is 24.3 Å². The van der Waals surface area contributed by atoms with E-state index in [-0.39, 0.29) is 23.7 Å². The molecule has 42 heavy (non-hydrogen) atoms. The van der Waals surface area contributed by atoms with Crippen molar-refractivity contribution in [2.45, 2.75) is 58.4 Å². The Hall–Kier alpha value is -4.98. The van der Waals surface area contributed by atoms with Crippen LogP contribution in [0.2, 0.25) is 0 Å². The van der Waals surface area contributed by atoms with Gasteiger partial charge in [-0.15, -0.1) is 0 Å². The van der Waals surface area contributed by atoms with Crippen molar-refractivity contribution in [1.82, 2.24) is 5.43 Å². The molecule has 14 nitrogen and oxygen atoms in total. The van der Waals surface area contributed by atoms with Crippen LogP contribution in [0.3, 0.4) is 0 Å². The number of aromatic hydroxyl groups is 1. The SMILES string of the molecule is CC(=O)OCC1OC(Oc2ccc(/C=N\NC(=O)c3ccccc3O)cc2)C(OC(C)=O)C(OC(C)=O)C1OC(C)=O. The number of rotatable bonds is 10. The Labute approximate surface area is 240 Å². The van der Waals surface area contributed by atoms with E-state index in [9.17, 15) is 29.1 Å². The number of hydrogen-bond donors (Lipinski definition) is 2. The molecule has 0 radical (unpaired) electrons. The van der Waals surface area contributed by atoms with E-state index >= 15 is 0 Å². The molecule has 1 aliphatic rings. The Morgan fingerprint density at radius 2 is 1.43 bits per heavy atom. The highest BCUT2D eigenvalue weighted by Crippen LogP contribution is 2.31. The standard InChI is InChI=1S/C28H30N2O12/c1-15(31)37-14-23-24(38-16(2)32)25(39-17(3)33)26(40-18(4)34)28(42-23)41-20-11-9-19(10-12-20)13-29-30-27(36)21-7-5-6-8-22(21)35/h5-13,23-26,28,35H,14H2,1-4H3,(H,30,36)/b29-13-. The summed E-state index contributed by atoms with van der Waals surface area (Å²) in [4.78, 5) is 59.4. The number of nitrogens with one attached hydrogen (secondary N) is 1.